The van der Waals surface area contributed by atoms with Crippen LogP contribution in [0.25, 0.3) is 0 Å². The molecule has 1 rings (SSSR count). The lowest BCUT2D eigenvalue weighted by molar-refractivity contribution is -0.384. The number of amides is 1. The quantitative estimate of drug-likeness (QED) is 0.600. The van der Waals surface area contributed by atoms with Crippen molar-refractivity contribution in [3.8, 4) is 0 Å². The average molecular weight is 241 g/mol. The van der Waals surface area contributed by atoms with Crippen molar-refractivity contribution in [1.29, 1.82) is 0 Å². The van der Waals surface area contributed by atoms with E-state index in [2.05, 4.69) is 10.6 Å². The van der Waals surface area contributed by atoms with Crippen LogP contribution < -0.4 is 10.6 Å². The van der Waals surface area contributed by atoms with Crippen molar-refractivity contribution in [2.24, 2.45) is 0 Å². The second kappa shape index (κ2) is 5.90. The molecule has 0 saturated carbocycles. The Morgan fingerprint density at radius 1 is 1.53 bits per heavy atom. The lowest BCUT2D eigenvalue weighted by Crippen LogP contribution is -2.19. The number of rotatable bonds is 5. The molecule has 0 aliphatic carbocycles. The van der Waals surface area contributed by atoms with Crippen molar-refractivity contribution in [3.05, 3.63) is 34.1 Å². The Hall–Kier alpha value is -2.02. The number of carbonyl (C=O) groups is 1. The molecule has 0 bridgehead atoms. The van der Waals surface area contributed by atoms with Crippen molar-refractivity contribution in [2.75, 3.05) is 18.9 Å². The first-order chi connectivity index (χ1) is 8.04. The van der Waals surface area contributed by atoms with E-state index in [0.717, 1.165) is 12.1 Å². The van der Waals surface area contributed by atoms with Crippen LogP contribution in [-0.4, -0.2) is 24.4 Å². The lowest BCUT2D eigenvalue weighted by Gasteiger charge is -2.05. The Balaban J connectivity index is 2.83. The summed E-state index contributed by atoms with van der Waals surface area (Å²) in [5.41, 5.74) is -0.458. The van der Waals surface area contributed by atoms with Crippen LogP contribution in [0.1, 0.15) is 6.42 Å². The Bertz CT molecular complexity index is 437. The fourth-order valence-corrected chi connectivity index (χ4v) is 1.21. The van der Waals surface area contributed by atoms with E-state index >= 15 is 0 Å². The minimum absolute atomic E-state index is 0.00231. The van der Waals surface area contributed by atoms with Gasteiger partial charge in [-0.15, -0.1) is 0 Å². The lowest BCUT2D eigenvalue weighted by atomic mass is 10.2. The van der Waals surface area contributed by atoms with E-state index in [0.29, 0.717) is 6.54 Å². The van der Waals surface area contributed by atoms with Crippen LogP contribution in [0.15, 0.2) is 18.2 Å². The molecule has 0 aliphatic heterocycles. The highest BCUT2D eigenvalue weighted by molar-refractivity contribution is 5.93. The minimum atomic E-state index is -0.739. The average Bonchev–Trinajstić information content (AvgIpc) is 2.28. The van der Waals surface area contributed by atoms with Crippen molar-refractivity contribution in [1.82, 2.24) is 5.32 Å². The number of nitro benzene ring substituents is 1. The Kier molecular flexibility index (Phi) is 4.53. The second-order valence-corrected chi connectivity index (χ2v) is 3.32. The van der Waals surface area contributed by atoms with Gasteiger partial charge in [0.25, 0.3) is 5.69 Å². The molecule has 17 heavy (non-hydrogen) atoms. The number of nitro groups is 1. The smallest absolute Gasteiger partial charge is 0.295 e. The summed E-state index contributed by atoms with van der Waals surface area (Å²) in [7, 11) is 1.69. The van der Waals surface area contributed by atoms with Crippen molar-refractivity contribution >= 4 is 17.3 Å². The van der Waals surface area contributed by atoms with Gasteiger partial charge in [0, 0.05) is 13.0 Å². The number of benzene rings is 1. The third kappa shape index (κ3) is 3.80. The third-order valence-electron chi connectivity index (χ3n) is 2.03. The molecule has 0 aliphatic rings. The minimum Gasteiger partial charge on any atom is -0.320 e. The van der Waals surface area contributed by atoms with Crippen molar-refractivity contribution < 1.29 is 14.1 Å². The first-order valence-electron chi connectivity index (χ1n) is 4.93. The zero-order valence-corrected chi connectivity index (χ0v) is 9.20. The van der Waals surface area contributed by atoms with Crippen LogP contribution in [-0.2, 0) is 4.79 Å². The number of hydrogen-bond acceptors (Lipinski definition) is 4. The largest absolute Gasteiger partial charge is 0.320 e. The van der Waals surface area contributed by atoms with Gasteiger partial charge in [0.15, 0.2) is 0 Å². The van der Waals surface area contributed by atoms with Gasteiger partial charge in [-0.1, -0.05) is 0 Å². The summed E-state index contributed by atoms with van der Waals surface area (Å²) in [5, 5.41) is 15.8. The van der Waals surface area contributed by atoms with Crippen LogP contribution in [0, 0.1) is 15.9 Å². The summed E-state index contributed by atoms with van der Waals surface area (Å²) in [5.74, 6) is -1.08. The molecular weight excluding hydrogens is 229 g/mol. The molecule has 0 spiro atoms. The molecule has 1 aromatic rings. The second-order valence-electron chi connectivity index (χ2n) is 3.32. The van der Waals surface area contributed by atoms with Gasteiger partial charge < -0.3 is 10.6 Å². The summed E-state index contributed by atoms with van der Waals surface area (Å²) in [6, 6.07) is 3.00. The molecule has 0 aromatic heterocycles. The predicted molar refractivity (Wildman–Crippen MR) is 60.2 cm³/mol. The standard InChI is InChI=1S/C10H12FN3O3/c1-12-5-4-10(15)13-8-3-2-7(11)6-9(8)14(16)17/h2-3,6,12H,4-5H2,1H3,(H,13,15). The Morgan fingerprint density at radius 3 is 2.82 bits per heavy atom. The SMILES string of the molecule is CNCCC(=O)Nc1ccc(F)cc1[N+](=O)[O-]. The van der Waals surface area contributed by atoms with E-state index in [4.69, 9.17) is 0 Å². The molecule has 0 heterocycles. The predicted octanol–water partition coefficient (Wildman–Crippen LogP) is 1.28. The first kappa shape index (κ1) is 13.0. The Labute approximate surface area is 97.0 Å². The molecule has 1 aromatic carbocycles. The van der Waals surface area contributed by atoms with Crippen LogP contribution in [0.3, 0.4) is 0 Å². The number of carbonyl (C=O) groups excluding carboxylic acids is 1. The Morgan fingerprint density at radius 2 is 2.24 bits per heavy atom. The van der Waals surface area contributed by atoms with E-state index in [9.17, 15) is 19.3 Å². The molecule has 0 atom stereocenters. The van der Waals surface area contributed by atoms with Crippen molar-refractivity contribution in [3.63, 3.8) is 0 Å². The van der Waals surface area contributed by atoms with Gasteiger partial charge in [-0.25, -0.2) is 4.39 Å². The van der Waals surface area contributed by atoms with E-state index in [-0.39, 0.29) is 18.0 Å². The summed E-state index contributed by atoms with van der Waals surface area (Å²) in [4.78, 5) is 21.3. The van der Waals surface area contributed by atoms with E-state index in [1.165, 1.54) is 6.07 Å². The van der Waals surface area contributed by atoms with Gasteiger partial charge >= 0.3 is 0 Å². The maximum Gasteiger partial charge on any atom is 0.295 e. The van der Waals surface area contributed by atoms with Gasteiger partial charge in [-0.3, -0.25) is 14.9 Å². The fraction of sp³-hybridized carbons (Fsp3) is 0.300. The highest BCUT2D eigenvalue weighted by Crippen LogP contribution is 2.24. The maximum atomic E-state index is 12.8. The molecule has 2 N–H and O–H groups in total. The fourth-order valence-electron chi connectivity index (χ4n) is 1.21. The first-order valence-corrected chi connectivity index (χ1v) is 4.93. The number of nitrogens with one attached hydrogen (secondary N) is 2. The number of hydrogen-bond donors (Lipinski definition) is 2. The highest BCUT2D eigenvalue weighted by Gasteiger charge is 2.16. The van der Waals surface area contributed by atoms with Crippen LogP contribution in [0.4, 0.5) is 15.8 Å². The molecule has 6 nitrogen and oxygen atoms in total. The summed E-state index contributed by atoms with van der Waals surface area (Å²) in [6.07, 6.45) is 0.186. The number of halogens is 1. The normalized spacial score (nSPS) is 10.0. The van der Waals surface area contributed by atoms with Gasteiger partial charge in [0.1, 0.15) is 11.5 Å². The van der Waals surface area contributed by atoms with Gasteiger partial charge in [-0.05, 0) is 19.2 Å². The molecule has 0 fully saturated rings. The molecule has 0 radical (unpaired) electrons. The topological polar surface area (TPSA) is 84.3 Å². The van der Waals surface area contributed by atoms with Gasteiger partial charge in [0.05, 0.1) is 11.0 Å². The monoisotopic (exact) mass is 241 g/mol. The summed E-state index contributed by atoms with van der Waals surface area (Å²) >= 11 is 0. The van der Waals surface area contributed by atoms with Crippen LogP contribution >= 0.6 is 0 Å². The van der Waals surface area contributed by atoms with E-state index in [1.807, 2.05) is 0 Å². The summed E-state index contributed by atoms with van der Waals surface area (Å²) < 4.78 is 12.8. The molecule has 0 saturated heterocycles. The number of nitrogens with zero attached hydrogens (tertiary/aromatic N) is 1. The highest BCUT2D eigenvalue weighted by atomic mass is 19.1. The molecule has 0 unspecified atom stereocenters. The van der Waals surface area contributed by atoms with Crippen LogP contribution in [0.5, 0.6) is 0 Å². The van der Waals surface area contributed by atoms with E-state index in [1.54, 1.807) is 7.05 Å². The van der Waals surface area contributed by atoms with Crippen molar-refractivity contribution in [2.45, 2.75) is 6.42 Å². The molecule has 92 valence electrons. The van der Waals surface area contributed by atoms with Crippen LogP contribution in [0.2, 0.25) is 0 Å². The number of anilines is 1. The van der Waals surface area contributed by atoms with Gasteiger partial charge in [0.2, 0.25) is 5.91 Å². The zero-order valence-electron chi connectivity index (χ0n) is 9.20. The maximum absolute atomic E-state index is 12.8. The zero-order chi connectivity index (χ0) is 12.8. The third-order valence-corrected chi connectivity index (χ3v) is 2.03. The van der Waals surface area contributed by atoms with E-state index < -0.39 is 16.4 Å². The summed E-state index contributed by atoms with van der Waals surface area (Å²) in [6.45, 7) is 0.459. The molecule has 7 heteroatoms. The molecular formula is C10H12FN3O3. The molecule has 1 amide bonds. The van der Waals surface area contributed by atoms with Gasteiger partial charge in [-0.2, -0.15) is 0 Å².